The Labute approximate surface area is 137 Å². The number of likely N-dealkylation sites (tertiary alicyclic amines) is 1. The molecule has 132 valence electrons. The smallest absolute Gasteiger partial charge is 0.325 e. The predicted octanol–water partition coefficient (Wildman–Crippen LogP) is 2.10. The highest BCUT2D eigenvalue weighted by Crippen LogP contribution is 2.50. The van der Waals surface area contributed by atoms with Crippen LogP contribution in [0.4, 0.5) is 0 Å². The zero-order chi connectivity index (χ0) is 17.6. The number of aliphatic hydroxyl groups excluding tert-OH is 1. The quantitative estimate of drug-likeness (QED) is 0.734. The minimum atomic E-state index is -1.42. The first-order chi connectivity index (χ1) is 10.4. The van der Waals surface area contributed by atoms with Crippen LogP contribution in [0.5, 0.6) is 0 Å². The lowest BCUT2D eigenvalue weighted by Gasteiger charge is -2.62. The zero-order valence-corrected chi connectivity index (χ0v) is 14.5. The fraction of sp³-hybridized carbons (Fsp3) is 0.882. The van der Waals surface area contributed by atoms with Gasteiger partial charge in [-0.3, -0.25) is 14.5 Å². The zero-order valence-electron chi connectivity index (χ0n) is 14.5. The predicted molar refractivity (Wildman–Crippen MR) is 85.2 cm³/mol. The highest BCUT2D eigenvalue weighted by Gasteiger charge is 2.63. The van der Waals surface area contributed by atoms with Gasteiger partial charge < -0.3 is 15.3 Å². The highest BCUT2D eigenvalue weighted by atomic mass is 16.4. The van der Waals surface area contributed by atoms with Gasteiger partial charge in [0, 0.05) is 11.1 Å². The van der Waals surface area contributed by atoms with Crippen LogP contribution < -0.4 is 0 Å². The monoisotopic (exact) mass is 327 g/mol. The van der Waals surface area contributed by atoms with Crippen molar-refractivity contribution in [2.75, 3.05) is 0 Å². The number of aliphatic carboxylic acids is 2. The number of carboxylic acids is 2. The molecule has 2 atom stereocenters. The summed E-state index contributed by atoms with van der Waals surface area (Å²) in [7, 11) is 0. The largest absolute Gasteiger partial charge is 0.481 e. The molecule has 0 bridgehead atoms. The first-order valence-corrected chi connectivity index (χ1v) is 8.40. The highest BCUT2D eigenvalue weighted by molar-refractivity contribution is 5.87. The molecule has 1 aliphatic carbocycles. The second kappa shape index (κ2) is 5.74. The second-order valence-corrected chi connectivity index (χ2v) is 8.39. The van der Waals surface area contributed by atoms with E-state index in [-0.39, 0.29) is 0 Å². The van der Waals surface area contributed by atoms with Crippen molar-refractivity contribution in [2.45, 2.75) is 88.9 Å². The molecule has 2 unspecified atom stereocenters. The van der Waals surface area contributed by atoms with Gasteiger partial charge in [0.15, 0.2) is 0 Å². The molecule has 1 aliphatic heterocycles. The minimum Gasteiger partial charge on any atom is -0.481 e. The van der Waals surface area contributed by atoms with Crippen molar-refractivity contribution in [1.82, 2.24) is 4.90 Å². The van der Waals surface area contributed by atoms with Crippen LogP contribution in [-0.4, -0.2) is 54.9 Å². The molecule has 0 radical (unpaired) electrons. The lowest BCUT2D eigenvalue weighted by atomic mass is 9.65. The summed E-state index contributed by atoms with van der Waals surface area (Å²) in [6.45, 7) is 7.65. The molecule has 2 fully saturated rings. The lowest BCUT2D eigenvalue weighted by Crippen LogP contribution is -2.75. The molecule has 1 saturated carbocycles. The van der Waals surface area contributed by atoms with Gasteiger partial charge in [-0.1, -0.05) is 12.8 Å². The molecule has 0 aromatic carbocycles. The van der Waals surface area contributed by atoms with Gasteiger partial charge in [-0.25, -0.2) is 0 Å². The van der Waals surface area contributed by atoms with Crippen LogP contribution in [0.15, 0.2) is 0 Å². The normalized spacial score (nSPS) is 34.9. The van der Waals surface area contributed by atoms with E-state index in [1.807, 2.05) is 32.6 Å². The summed E-state index contributed by atoms with van der Waals surface area (Å²) in [5.41, 5.74) is -2.60. The molecule has 1 saturated heterocycles. The van der Waals surface area contributed by atoms with Gasteiger partial charge in [0.25, 0.3) is 0 Å². The maximum atomic E-state index is 12.4. The van der Waals surface area contributed by atoms with E-state index >= 15 is 0 Å². The maximum Gasteiger partial charge on any atom is 0.325 e. The summed E-state index contributed by atoms with van der Waals surface area (Å²) in [5.74, 6) is -3.02. The van der Waals surface area contributed by atoms with Gasteiger partial charge in [-0.15, -0.1) is 0 Å². The molecule has 2 rings (SSSR count). The molecule has 0 aromatic heterocycles. The van der Waals surface area contributed by atoms with Gasteiger partial charge in [0.2, 0.25) is 0 Å². The van der Waals surface area contributed by atoms with E-state index in [9.17, 15) is 24.9 Å². The number of hydrogen-bond acceptors (Lipinski definition) is 4. The number of carboxylic acid groups (broad SMARTS) is 2. The SMILES string of the molecule is CC1(C)CC(O)CC(C)(C)N1C1(C(=O)O)CCCCC1C(=O)O. The summed E-state index contributed by atoms with van der Waals surface area (Å²) in [6, 6.07) is 0. The third-order valence-corrected chi connectivity index (χ3v) is 5.63. The van der Waals surface area contributed by atoms with Crippen LogP contribution in [0.3, 0.4) is 0 Å². The Morgan fingerprint density at radius 2 is 1.52 bits per heavy atom. The number of carbonyl (C=O) groups is 2. The standard InChI is InChI=1S/C17H29NO5/c1-15(2)9-11(19)10-16(3,4)18(15)17(14(22)23)8-6-5-7-12(17)13(20)21/h11-12,19H,5-10H2,1-4H3,(H,20,21)(H,22,23). The number of rotatable bonds is 3. The van der Waals surface area contributed by atoms with Crippen molar-refractivity contribution in [2.24, 2.45) is 5.92 Å². The second-order valence-electron chi connectivity index (χ2n) is 8.39. The third-order valence-electron chi connectivity index (χ3n) is 5.63. The number of nitrogens with zero attached hydrogens (tertiary/aromatic N) is 1. The summed E-state index contributed by atoms with van der Waals surface area (Å²) in [5, 5.41) is 30.0. The van der Waals surface area contributed by atoms with Crippen LogP contribution in [0.2, 0.25) is 0 Å². The van der Waals surface area contributed by atoms with Gasteiger partial charge in [0.1, 0.15) is 5.54 Å². The molecule has 6 heteroatoms. The fourth-order valence-corrected chi connectivity index (χ4v) is 5.41. The average Bonchev–Trinajstić information content (AvgIpc) is 2.34. The molecule has 2 aliphatic rings. The van der Waals surface area contributed by atoms with Crippen LogP contribution in [0, 0.1) is 5.92 Å². The Bertz CT molecular complexity index is 483. The summed E-state index contributed by atoms with van der Waals surface area (Å²) < 4.78 is 0. The third kappa shape index (κ3) is 2.87. The van der Waals surface area contributed by atoms with Crippen molar-refractivity contribution in [3.05, 3.63) is 0 Å². The molecule has 23 heavy (non-hydrogen) atoms. The Hall–Kier alpha value is -1.14. The topological polar surface area (TPSA) is 98.1 Å². The number of hydrogen-bond donors (Lipinski definition) is 3. The van der Waals surface area contributed by atoms with Gasteiger partial charge in [-0.2, -0.15) is 0 Å². The Balaban J connectivity index is 2.63. The Morgan fingerprint density at radius 3 is 1.96 bits per heavy atom. The van der Waals surface area contributed by atoms with Crippen molar-refractivity contribution in [3.63, 3.8) is 0 Å². The Morgan fingerprint density at radius 1 is 1.00 bits per heavy atom. The lowest BCUT2D eigenvalue weighted by molar-refractivity contribution is -0.201. The minimum absolute atomic E-state index is 0.336. The van der Waals surface area contributed by atoms with Crippen LogP contribution in [0.25, 0.3) is 0 Å². The van der Waals surface area contributed by atoms with E-state index in [0.29, 0.717) is 32.1 Å². The summed E-state index contributed by atoms with van der Waals surface area (Å²) in [4.78, 5) is 26.1. The first-order valence-electron chi connectivity index (χ1n) is 8.40. The van der Waals surface area contributed by atoms with E-state index in [0.717, 1.165) is 6.42 Å². The fourth-order valence-electron chi connectivity index (χ4n) is 5.41. The molecular weight excluding hydrogens is 298 g/mol. The van der Waals surface area contributed by atoms with Crippen molar-refractivity contribution in [1.29, 1.82) is 0 Å². The van der Waals surface area contributed by atoms with Crippen LogP contribution in [-0.2, 0) is 9.59 Å². The van der Waals surface area contributed by atoms with E-state index in [1.165, 1.54) is 0 Å². The van der Waals surface area contributed by atoms with Crippen molar-refractivity contribution < 1.29 is 24.9 Å². The van der Waals surface area contributed by atoms with Crippen molar-refractivity contribution >= 4 is 11.9 Å². The number of piperidine rings is 1. The van der Waals surface area contributed by atoms with E-state index in [2.05, 4.69) is 0 Å². The van der Waals surface area contributed by atoms with Crippen LogP contribution >= 0.6 is 0 Å². The molecule has 3 N–H and O–H groups in total. The van der Waals surface area contributed by atoms with E-state index in [1.54, 1.807) is 0 Å². The first kappa shape index (κ1) is 18.2. The summed E-state index contributed by atoms with van der Waals surface area (Å²) >= 11 is 0. The maximum absolute atomic E-state index is 12.4. The number of aliphatic hydroxyl groups is 1. The van der Waals surface area contributed by atoms with Gasteiger partial charge in [0.05, 0.1) is 12.0 Å². The van der Waals surface area contributed by atoms with Gasteiger partial charge in [-0.05, 0) is 53.4 Å². The Kier molecular flexibility index (Phi) is 4.54. The average molecular weight is 327 g/mol. The molecule has 0 amide bonds. The molecular formula is C17H29NO5. The van der Waals surface area contributed by atoms with Gasteiger partial charge >= 0.3 is 11.9 Å². The van der Waals surface area contributed by atoms with E-state index in [4.69, 9.17) is 0 Å². The van der Waals surface area contributed by atoms with E-state index < -0.39 is 40.6 Å². The molecule has 0 spiro atoms. The molecule has 1 heterocycles. The van der Waals surface area contributed by atoms with Crippen molar-refractivity contribution in [3.8, 4) is 0 Å². The van der Waals surface area contributed by atoms with Crippen LogP contribution in [0.1, 0.15) is 66.2 Å². The summed E-state index contributed by atoms with van der Waals surface area (Å²) in [6.07, 6.45) is 2.55. The molecule has 6 nitrogen and oxygen atoms in total. The molecule has 0 aromatic rings.